The Morgan fingerprint density at radius 2 is 1.79 bits per heavy atom. The number of hydrogen-bond donors (Lipinski definition) is 1. The first-order chi connectivity index (χ1) is 16.0. The molecule has 1 N–H and O–H groups in total. The van der Waals surface area contributed by atoms with Crippen LogP contribution in [0, 0.1) is 5.92 Å². The van der Waals surface area contributed by atoms with Gasteiger partial charge in [-0.15, -0.1) is 0 Å². The first-order valence-electron chi connectivity index (χ1n) is 11.8. The van der Waals surface area contributed by atoms with Gasteiger partial charge in [-0.05, 0) is 95.5 Å². The molecule has 3 heterocycles. The smallest absolute Gasteiger partial charge is 0.222 e. The van der Waals surface area contributed by atoms with Gasteiger partial charge in [0.1, 0.15) is 0 Å². The Bertz CT molecular complexity index is 1040. The number of hydrogen-bond acceptors (Lipinski definition) is 4. The van der Waals surface area contributed by atoms with Crippen molar-refractivity contribution in [3.8, 4) is 0 Å². The molecule has 176 valence electrons. The zero-order chi connectivity index (χ0) is 22.9. The fraction of sp³-hybridized carbons (Fsp3) is 0.520. The fourth-order valence-corrected chi connectivity index (χ4v) is 7.01. The summed E-state index contributed by atoms with van der Waals surface area (Å²) in [5.74, 6) is 0.846. The monoisotopic (exact) mass is 594 g/mol. The van der Waals surface area contributed by atoms with Crippen LogP contribution in [0.5, 0.6) is 0 Å². The van der Waals surface area contributed by atoms with E-state index in [0.29, 0.717) is 18.2 Å². The molecular weight excluding hydrogens is 568 g/mol. The third-order valence-electron chi connectivity index (χ3n) is 7.30. The number of piperidine rings is 1. The lowest BCUT2D eigenvalue weighted by atomic mass is 9.93. The van der Waals surface area contributed by atoms with E-state index in [1.54, 1.807) is 0 Å². The average molecular weight is 597 g/mol. The maximum absolute atomic E-state index is 13.0. The summed E-state index contributed by atoms with van der Waals surface area (Å²) in [6.07, 6.45) is 6.69. The third-order valence-corrected chi connectivity index (χ3v) is 8.61. The number of halogens is 3. The molecule has 1 atom stereocenters. The van der Waals surface area contributed by atoms with Gasteiger partial charge < -0.3 is 10.2 Å². The first kappa shape index (κ1) is 23.7. The molecule has 1 aromatic carbocycles. The highest BCUT2D eigenvalue weighted by Gasteiger charge is 2.35. The highest BCUT2D eigenvalue weighted by atomic mass is 79.9. The number of nitrogens with zero attached hydrogens (tertiary/aromatic N) is 3. The Morgan fingerprint density at radius 1 is 1.06 bits per heavy atom. The molecule has 0 spiro atoms. The number of amides is 1. The van der Waals surface area contributed by atoms with Crippen LogP contribution in [0.1, 0.15) is 47.7 Å². The van der Waals surface area contributed by atoms with Crippen molar-refractivity contribution in [2.75, 3.05) is 39.3 Å². The molecule has 2 saturated heterocycles. The minimum atomic E-state index is 0.0545. The second-order valence-electron chi connectivity index (χ2n) is 9.38. The standard InChI is InChI=1S/C25H29Br2ClN4O/c26-19-12-18-2-1-17-13-20(28)14-21(27)23(17)25(24(18)30-15-19)32-9-7-31(8-10-32)22(33)11-16-3-5-29-6-4-16/h12-16,25,29H,1-11H2. The van der Waals surface area contributed by atoms with Crippen LogP contribution in [0.15, 0.2) is 33.3 Å². The number of nitrogens with one attached hydrogen (secondary N) is 1. The van der Waals surface area contributed by atoms with E-state index in [2.05, 4.69) is 59.1 Å². The molecule has 0 bridgehead atoms. The summed E-state index contributed by atoms with van der Waals surface area (Å²) in [5, 5.41) is 4.15. The van der Waals surface area contributed by atoms with Crippen molar-refractivity contribution in [3.63, 3.8) is 0 Å². The number of aromatic nitrogens is 1. The molecule has 1 aromatic heterocycles. The Labute approximate surface area is 217 Å². The molecule has 2 aliphatic heterocycles. The molecule has 1 amide bonds. The van der Waals surface area contributed by atoms with E-state index >= 15 is 0 Å². The molecule has 5 rings (SSSR count). The van der Waals surface area contributed by atoms with Gasteiger partial charge in [-0.1, -0.05) is 27.5 Å². The largest absolute Gasteiger partial charge is 0.340 e. The molecule has 1 aliphatic carbocycles. The van der Waals surface area contributed by atoms with E-state index in [0.717, 1.165) is 84.6 Å². The summed E-state index contributed by atoms with van der Waals surface area (Å²) in [6.45, 7) is 5.30. The maximum Gasteiger partial charge on any atom is 0.222 e. The van der Waals surface area contributed by atoms with Crippen molar-refractivity contribution >= 4 is 49.4 Å². The second-order valence-corrected chi connectivity index (χ2v) is 11.6. The molecule has 33 heavy (non-hydrogen) atoms. The topological polar surface area (TPSA) is 48.5 Å². The first-order valence-corrected chi connectivity index (χ1v) is 13.8. The van der Waals surface area contributed by atoms with E-state index in [1.807, 2.05) is 12.3 Å². The van der Waals surface area contributed by atoms with E-state index in [9.17, 15) is 4.79 Å². The van der Waals surface area contributed by atoms with Gasteiger partial charge in [0, 0.05) is 52.8 Å². The Balaban J connectivity index is 1.38. The van der Waals surface area contributed by atoms with Crippen LogP contribution in [-0.2, 0) is 17.6 Å². The number of fused-ring (bicyclic) bond motifs is 2. The van der Waals surface area contributed by atoms with Crippen LogP contribution in [0.2, 0.25) is 5.02 Å². The highest BCUT2D eigenvalue weighted by Crippen LogP contribution is 2.41. The normalized spacial score (nSPS) is 21.9. The molecule has 2 fully saturated rings. The van der Waals surface area contributed by atoms with Gasteiger partial charge in [-0.2, -0.15) is 0 Å². The summed E-state index contributed by atoms with van der Waals surface area (Å²) in [5.41, 5.74) is 4.94. The summed E-state index contributed by atoms with van der Waals surface area (Å²) >= 11 is 13.8. The lowest BCUT2D eigenvalue weighted by Gasteiger charge is -2.40. The van der Waals surface area contributed by atoms with Crippen molar-refractivity contribution in [1.82, 2.24) is 20.1 Å². The molecular formula is C25H29Br2ClN4O. The molecule has 1 unspecified atom stereocenters. The minimum absolute atomic E-state index is 0.0545. The lowest BCUT2D eigenvalue weighted by molar-refractivity contribution is -0.134. The van der Waals surface area contributed by atoms with E-state index in [1.165, 1.54) is 16.7 Å². The molecule has 3 aliphatic rings. The lowest BCUT2D eigenvalue weighted by Crippen LogP contribution is -2.50. The van der Waals surface area contributed by atoms with E-state index in [4.69, 9.17) is 16.6 Å². The number of aryl methyl sites for hydroxylation is 2. The van der Waals surface area contributed by atoms with Gasteiger partial charge in [-0.3, -0.25) is 14.7 Å². The minimum Gasteiger partial charge on any atom is -0.340 e. The Kier molecular flexibility index (Phi) is 7.43. The molecule has 2 aromatic rings. The quantitative estimate of drug-likeness (QED) is 0.543. The molecule has 0 radical (unpaired) electrons. The van der Waals surface area contributed by atoms with Crippen LogP contribution < -0.4 is 5.32 Å². The Hall–Kier alpha value is -0.990. The van der Waals surface area contributed by atoms with Crippen molar-refractivity contribution in [3.05, 3.63) is 60.7 Å². The SMILES string of the molecule is O=C(CC1CCNCC1)N1CCN(C2c3ncc(Br)cc3CCc3cc(Cl)cc(Br)c32)CC1. The van der Waals surface area contributed by atoms with E-state index in [-0.39, 0.29) is 6.04 Å². The summed E-state index contributed by atoms with van der Waals surface area (Å²) < 4.78 is 2.05. The zero-order valence-electron chi connectivity index (χ0n) is 18.6. The number of piperazine rings is 1. The van der Waals surface area contributed by atoms with Crippen LogP contribution >= 0.6 is 43.5 Å². The van der Waals surface area contributed by atoms with Gasteiger partial charge >= 0.3 is 0 Å². The number of benzene rings is 1. The van der Waals surface area contributed by atoms with Gasteiger partial charge in [0.15, 0.2) is 0 Å². The van der Waals surface area contributed by atoms with Gasteiger partial charge in [0.05, 0.1) is 11.7 Å². The Morgan fingerprint density at radius 3 is 2.55 bits per heavy atom. The van der Waals surface area contributed by atoms with E-state index < -0.39 is 0 Å². The van der Waals surface area contributed by atoms with Crippen molar-refractivity contribution in [2.24, 2.45) is 5.92 Å². The van der Waals surface area contributed by atoms with Crippen molar-refractivity contribution < 1.29 is 4.79 Å². The summed E-state index contributed by atoms with van der Waals surface area (Å²) in [4.78, 5) is 22.4. The summed E-state index contributed by atoms with van der Waals surface area (Å²) in [6, 6.07) is 6.36. The fourth-order valence-electron chi connectivity index (χ4n) is 5.54. The van der Waals surface area contributed by atoms with Crippen LogP contribution in [0.4, 0.5) is 0 Å². The third kappa shape index (κ3) is 5.18. The van der Waals surface area contributed by atoms with Gasteiger partial charge in [0.2, 0.25) is 5.91 Å². The zero-order valence-corrected chi connectivity index (χ0v) is 22.6. The number of carbonyl (C=O) groups is 1. The van der Waals surface area contributed by atoms with Crippen molar-refractivity contribution in [2.45, 2.75) is 38.1 Å². The molecule has 0 saturated carbocycles. The van der Waals surface area contributed by atoms with Gasteiger partial charge in [0.25, 0.3) is 0 Å². The number of rotatable bonds is 3. The van der Waals surface area contributed by atoms with Crippen LogP contribution in [0.3, 0.4) is 0 Å². The number of pyridine rings is 1. The predicted octanol–water partition coefficient (Wildman–Crippen LogP) is 4.98. The van der Waals surface area contributed by atoms with Crippen LogP contribution in [-0.4, -0.2) is 60.0 Å². The molecule has 8 heteroatoms. The van der Waals surface area contributed by atoms with Crippen LogP contribution in [0.25, 0.3) is 0 Å². The molecule has 5 nitrogen and oxygen atoms in total. The predicted molar refractivity (Wildman–Crippen MR) is 139 cm³/mol. The average Bonchev–Trinajstić information content (AvgIpc) is 2.96. The van der Waals surface area contributed by atoms with Gasteiger partial charge in [-0.25, -0.2) is 0 Å². The number of carbonyl (C=O) groups excluding carboxylic acids is 1. The second kappa shape index (κ2) is 10.3. The maximum atomic E-state index is 13.0. The van der Waals surface area contributed by atoms with Crippen molar-refractivity contribution in [1.29, 1.82) is 0 Å². The summed E-state index contributed by atoms with van der Waals surface area (Å²) in [7, 11) is 0. The highest BCUT2D eigenvalue weighted by molar-refractivity contribution is 9.10.